The number of hydrogen-bond donors (Lipinski definition) is 2. The van der Waals surface area contributed by atoms with Gasteiger partial charge in [-0.2, -0.15) is 5.43 Å². The van der Waals surface area contributed by atoms with Crippen LogP contribution in [0.5, 0.6) is 0 Å². The van der Waals surface area contributed by atoms with Crippen LogP contribution in [-0.4, -0.2) is 54.5 Å². The van der Waals surface area contributed by atoms with Crippen molar-refractivity contribution in [3.8, 4) is 0 Å². The van der Waals surface area contributed by atoms with Crippen LogP contribution in [-0.2, 0) is 0 Å². The lowest BCUT2D eigenvalue weighted by Crippen LogP contribution is -2.65. The predicted molar refractivity (Wildman–Crippen MR) is 134 cm³/mol. The fraction of sp³-hybridized carbons (Fsp3) is 0.231. The third-order valence-electron chi connectivity index (χ3n) is 6.41. The van der Waals surface area contributed by atoms with Crippen LogP contribution in [0.25, 0.3) is 0 Å². The summed E-state index contributed by atoms with van der Waals surface area (Å²) in [5, 5.41) is 4.16. The number of likely N-dealkylation sites (N-methyl/N-ethyl adjacent to an activating group) is 1. The lowest BCUT2D eigenvalue weighted by Gasteiger charge is -2.42. The van der Waals surface area contributed by atoms with Gasteiger partial charge in [-0.05, 0) is 48.9 Å². The number of halogens is 1. The van der Waals surface area contributed by atoms with Crippen LogP contribution in [0.1, 0.15) is 21.5 Å². The maximum Gasteiger partial charge on any atom is 0.296 e. The first-order chi connectivity index (χ1) is 15.9. The molecular weight excluding hydrogens is 434 g/mol. The fourth-order valence-electron chi connectivity index (χ4n) is 4.41. The number of carbonyl (C=O) groups is 1. The number of amides is 1. The number of fused-ring (bicyclic) bond motifs is 2. The molecule has 1 saturated heterocycles. The summed E-state index contributed by atoms with van der Waals surface area (Å²) >= 11 is 6.27. The van der Waals surface area contributed by atoms with E-state index in [0.29, 0.717) is 9.61 Å². The van der Waals surface area contributed by atoms with Gasteiger partial charge in [-0.25, -0.2) is 9.58 Å². The fourth-order valence-corrected chi connectivity index (χ4v) is 4.58. The van der Waals surface area contributed by atoms with Gasteiger partial charge in [0, 0.05) is 21.8 Å². The Morgan fingerprint density at radius 2 is 1.76 bits per heavy atom. The zero-order valence-corrected chi connectivity index (χ0v) is 19.6. The van der Waals surface area contributed by atoms with Crippen molar-refractivity contribution in [2.75, 3.05) is 38.5 Å². The van der Waals surface area contributed by atoms with Gasteiger partial charge in [0.15, 0.2) is 0 Å². The van der Waals surface area contributed by atoms with Crippen molar-refractivity contribution in [2.24, 2.45) is 4.99 Å². The van der Waals surface area contributed by atoms with E-state index in [-0.39, 0.29) is 5.91 Å². The number of anilines is 2. The SMILES string of the molecule is Cc1ccccc1C(=O)N[N+]1(C)CCN(C2=Nc3cc(Cl)ccc3Nc3ccccc32)CC1. The van der Waals surface area contributed by atoms with Crippen LogP contribution >= 0.6 is 11.6 Å². The van der Waals surface area contributed by atoms with Gasteiger partial charge in [0.05, 0.1) is 31.5 Å². The Morgan fingerprint density at radius 1 is 1.03 bits per heavy atom. The molecule has 3 aromatic carbocycles. The number of rotatable bonds is 2. The maximum absolute atomic E-state index is 12.9. The minimum atomic E-state index is -0.0334. The zero-order valence-electron chi connectivity index (χ0n) is 18.8. The Balaban J connectivity index is 1.39. The third-order valence-corrected chi connectivity index (χ3v) is 6.65. The summed E-state index contributed by atoms with van der Waals surface area (Å²) in [5.41, 5.74) is 8.78. The molecule has 3 aromatic rings. The number of quaternary nitrogens is 1. The Hall–Kier alpha value is -3.35. The average Bonchev–Trinajstić information content (AvgIpc) is 2.96. The van der Waals surface area contributed by atoms with Gasteiger partial charge in [-0.15, -0.1) is 0 Å². The molecule has 6 nitrogen and oxygen atoms in total. The van der Waals surface area contributed by atoms with Crippen LogP contribution in [0, 0.1) is 6.92 Å². The van der Waals surface area contributed by atoms with E-state index in [9.17, 15) is 4.79 Å². The van der Waals surface area contributed by atoms with Crippen LogP contribution in [0.15, 0.2) is 71.7 Å². The summed E-state index contributed by atoms with van der Waals surface area (Å²) in [5.74, 6) is 0.893. The lowest BCUT2D eigenvalue weighted by atomic mass is 10.1. The van der Waals surface area contributed by atoms with Gasteiger partial charge in [-0.1, -0.05) is 41.9 Å². The number of nitrogens with one attached hydrogen (secondary N) is 2. The van der Waals surface area contributed by atoms with Gasteiger partial charge in [-0.3, -0.25) is 4.79 Å². The van der Waals surface area contributed by atoms with Crippen molar-refractivity contribution in [3.05, 3.63) is 88.4 Å². The molecular formula is C26H27ClN5O+. The molecule has 0 aliphatic carbocycles. The minimum absolute atomic E-state index is 0.0334. The highest BCUT2D eigenvalue weighted by atomic mass is 35.5. The number of aliphatic imine (C=N–C) groups is 1. The van der Waals surface area contributed by atoms with Gasteiger partial charge < -0.3 is 10.2 Å². The molecule has 2 aliphatic heterocycles. The summed E-state index contributed by atoms with van der Waals surface area (Å²) in [6.07, 6.45) is 0. The highest BCUT2D eigenvalue weighted by Crippen LogP contribution is 2.36. The Bertz CT molecular complexity index is 1250. The second-order valence-corrected chi connectivity index (χ2v) is 9.29. The number of aryl methyl sites for hydroxylation is 1. The maximum atomic E-state index is 12.9. The summed E-state index contributed by atoms with van der Waals surface area (Å²) in [6, 6.07) is 21.6. The molecule has 0 spiro atoms. The highest BCUT2D eigenvalue weighted by molar-refractivity contribution is 6.31. The molecule has 0 bridgehead atoms. The van der Waals surface area contributed by atoms with E-state index in [0.717, 1.165) is 65.8 Å². The van der Waals surface area contributed by atoms with Gasteiger partial charge in [0.25, 0.3) is 5.91 Å². The van der Waals surface area contributed by atoms with E-state index in [1.54, 1.807) is 0 Å². The molecule has 1 amide bonds. The van der Waals surface area contributed by atoms with Crippen molar-refractivity contribution in [2.45, 2.75) is 6.92 Å². The molecule has 2 aliphatic rings. The number of nitrogens with zero attached hydrogens (tertiary/aromatic N) is 3. The first-order valence-corrected chi connectivity index (χ1v) is 11.5. The standard InChI is InChI=1S/C26H26ClN5O/c1-18-7-3-4-8-20(18)26(33)30-32(2)15-13-31(14-16-32)25-21-9-5-6-10-22(21)28-23-12-11-19(27)17-24(23)29-25/h3-12,17H,13-16H2,1-2H3,(H-,28,29,30,33)/p+1. The number of hydrogen-bond acceptors (Lipinski definition) is 4. The Kier molecular flexibility index (Phi) is 5.56. The number of para-hydroxylation sites is 1. The van der Waals surface area contributed by atoms with E-state index in [1.807, 2.05) is 61.5 Å². The van der Waals surface area contributed by atoms with E-state index < -0.39 is 0 Å². The van der Waals surface area contributed by atoms with Crippen LogP contribution < -0.4 is 10.7 Å². The summed E-state index contributed by atoms with van der Waals surface area (Å²) in [7, 11) is 2.08. The zero-order chi connectivity index (χ0) is 23.0. The van der Waals surface area contributed by atoms with Crippen LogP contribution in [0.3, 0.4) is 0 Å². The van der Waals surface area contributed by atoms with Crippen molar-refractivity contribution in [3.63, 3.8) is 0 Å². The normalized spacial score (nSPS) is 16.6. The van der Waals surface area contributed by atoms with Crippen molar-refractivity contribution in [1.82, 2.24) is 10.3 Å². The molecule has 0 unspecified atom stereocenters. The van der Waals surface area contributed by atoms with Gasteiger partial charge in [0.2, 0.25) is 0 Å². The molecule has 168 valence electrons. The number of amidine groups is 1. The topological polar surface area (TPSA) is 56.7 Å². The van der Waals surface area contributed by atoms with Crippen LogP contribution in [0.2, 0.25) is 5.02 Å². The highest BCUT2D eigenvalue weighted by Gasteiger charge is 2.34. The third kappa shape index (κ3) is 4.32. The molecule has 1 fully saturated rings. The molecule has 33 heavy (non-hydrogen) atoms. The number of benzene rings is 3. The Labute approximate surface area is 199 Å². The molecule has 0 saturated carbocycles. The van der Waals surface area contributed by atoms with Gasteiger partial charge in [0.1, 0.15) is 18.9 Å². The van der Waals surface area contributed by atoms with E-state index in [1.165, 1.54) is 0 Å². The average molecular weight is 461 g/mol. The molecule has 2 N–H and O–H groups in total. The second-order valence-electron chi connectivity index (χ2n) is 8.85. The molecule has 2 heterocycles. The van der Waals surface area contributed by atoms with Crippen molar-refractivity contribution in [1.29, 1.82) is 0 Å². The van der Waals surface area contributed by atoms with Crippen LogP contribution in [0.4, 0.5) is 17.1 Å². The summed E-state index contributed by atoms with van der Waals surface area (Å²) in [4.78, 5) is 20.3. The van der Waals surface area contributed by atoms with Crippen molar-refractivity contribution < 1.29 is 9.39 Å². The molecule has 0 atom stereocenters. The molecule has 0 aromatic heterocycles. The summed E-state index contributed by atoms with van der Waals surface area (Å²) < 4.78 is 0.485. The van der Waals surface area contributed by atoms with Crippen molar-refractivity contribution >= 4 is 40.4 Å². The molecule has 7 heteroatoms. The molecule has 0 radical (unpaired) electrons. The Morgan fingerprint density at radius 3 is 2.55 bits per heavy atom. The van der Waals surface area contributed by atoms with E-state index in [2.05, 4.69) is 34.8 Å². The number of carbonyl (C=O) groups excluding carboxylic acids is 1. The molecule has 5 rings (SSSR count). The van der Waals surface area contributed by atoms with E-state index in [4.69, 9.17) is 16.6 Å². The monoisotopic (exact) mass is 460 g/mol. The number of piperazine rings is 1. The van der Waals surface area contributed by atoms with Gasteiger partial charge >= 0.3 is 0 Å². The predicted octanol–water partition coefficient (Wildman–Crippen LogP) is 4.89. The van der Waals surface area contributed by atoms with E-state index >= 15 is 0 Å². The minimum Gasteiger partial charge on any atom is -0.353 e. The first kappa shape index (κ1) is 21.5. The summed E-state index contributed by atoms with van der Waals surface area (Å²) in [6.45, 7) is 5.05. The first-order valence-electron chi connectivity index (χ1n) is 11.1. The second kappa shape index (κ2) is 8.54. The quantitative estimate of drug-likeness (QED) is 0.535. The largest absolute Gasteiger partial charge is 0.353 e. The lowest BCUT2D eigenvalue weighted by molar-refractivity contribution is -0.946. The smallest absolute Gasteiger partial charge is 0.296 e.